The van der Waals surface area contributed by atoms with Crippen LogP contribution in [0.1, 0.15) is 49.5 Å². The summed E-state index contributed by atoms with van der Waals surface area (Å²) in [6.07, 6.45) is 0.695. The van der Waals surface area contributed by atoms with Crippen LogP contribution < -0.4 is 10.6 Å². The topological polar surface area (TPSA) is 133 Å². The second-order valence-electron chi connectivity index (χ2n) is 9.80. The van der Waals surface area contributed by atoms with Gasteiger partial charge in [0, 0.05) is 12.1 Å². The zero-order chi connectivity index (χ0) is 26.8. The Hall–Kier alpha value is -3.10. The lowest BCUT2D eigenvalue weighted by Gasteiger charge is -2.39. The molecule has 36 heavy (non-hydrogen) atoms. The molecule has 0 heterocycles. The summed E-state index contributed by atoms with van der Waals surface area (Å²) in [7, 11) is 0. The Morgan fingerprint density at radius 2 is 1.58 bits per heavy atom. The van der Waals surface area contributed by atoms with Crippen LogP contribution in [0.15, 0.2) is 42.5 Å². The number of carboxylic acid groups (broad SMARTS) is 2. The largest absolute Gasteiger partial charge is 0.481 e. The first kappa shape index (κ1) is 27.5. The van der Waals surface area contributed by atoms with Gasteiger partial charge < -0.3 is 20.8 Å². The number of nitrogens with one attached hydrogen (secondary N) is 2. The Morgan fingerprint density at radius 3 is 2.08 bits per heavy atom. The Kier molecular flexibility index (Phi) is 8.00. The standard InChI is InChI=1S/C26H28Cl2N2O6/c1-25(2)16(22(32)33)11-12-26(25,3)24(36)30-19(23(34)35)13-14-7-9-15(10-8-14)29-21(31)20-17(27)5-4-6-18(20)28/h4-10,16,19H,11-13H2,1-3H3,(H,29,31)(H,30,36)(H,32,33)(H,34,35)/t16?,19-,26?/m1/s1. The molecular formula is C26H28Cl2N2O6. The predicted molar refractivity (Wildman–Crippen MR) is 136 cm³/mol. The van der Waals surface area contributed by atoms with Crippen LogP contribution >= 0.6 is 23.2 Å². The molecular weight excluding hydrogens is 507 g/mol. The summed E-state index contributed by atoms with van der Waals surface area (Å²) in [4.78, 5) is 49.3. The second-order valence-corrected chi connectivity index (χ2v) is 10.6. The third-order valence-electron chi connectivity index (χ3n) is 7.47. The van der Waals surface area contributed by atoms with Crippen LogP contribution in [0, 0.1) is 16.7 Å². The van der Waals surface area contributed by atoms with Gasteiger partial charge in [-0.1, -0.05) is 62.2 Å². The lowest BCUT2D eigenvalue weighted by atomic mass is 9.65. The van der Waals surface area contributed by atoms with Crippen LogP contribution in [-0.2, 0) is 20.8 Å². The van der Waals surface area contributed by atoms with E-state index in [0.29, 0.717) is 24.1 Å². The van der Waals surface area contributed by atoms with Crippen molar-refractivity contribution in [3.63, 3.8) is 0 Å². The molecule has 0 radical (unpaired) electrons. The fraction of sp³-hybridized carbons (Fsp3) is 0.385. The zero-order valence-electron chi connectivity index (χ0n) is 20.1. The summed E-state index contributed by atoms with van der Waals surface area (Å²) < 4.78 is 0. The number of carboxylic acids is 2. The third-order valence-corrected chi connectivity index (χ3v) is 8.10. The van der Waals surface area contributed by atoms with E-state index in [1.165, 1.54) is 0 Å². The van der Waals surface area contributed by atoms with Gasteiger partial charge in [0.2, 0.25) is 5.91 Å². The lowest BCUT2D eigenvalue weighted by Crippen LogP contribution is -2.53. The molecule has 2 aromatic rings. The number of carbonyl (C=O) groups is 4. The predicted octanol–water partition coefficient (Wildman–Crippen LogP) is 4.88. The molecule has 0 saturated heterocycles. The van der Waals surface area contributed by atoms with Crippen molar-refractivity contribution in [1.82, 2.24) is 5.32 Å². The van der Waals surface area contributed by atoms with Gasteiger partial charge in [-0.15, -0.1) is 0 Å². The maximum Gasteiger partial charge on any atom is 0.326 e. The Bertz CT molecular complexity index is 1180. The molecule has 8 nitrogen and oxygen atoms in total. The molecule has 1 aliphatic carbocycles. The zero-order valence-corrected chi connectivity index (χ0v) is 21.6. The lowest BCUT2D eigenvalue weighted by molar-refractivity contribution is -0.151. The van der Waals surface area contributed by atoms with E-state index in [2.05, 4.69) is 10.6 Å². The highest BCUT2D eigenvalue weighted by Gasteiger charge is 2.58. The van der Waals surface area contributed by atoms with Gasteiger partial charge in [-0.25, -0.2) is 4.79 Å². The quantitative estimate of drug-likeness (QED) is 0.381. The van der Waals surface area contributed by atoms with E-state index in [0.717, 1.165) is 0 Å². The molecule has 0 spiro atoms. The molecule has 4 N–H and O–H groups in total. The summed E-state index contributed by atoms with van der Waals surface area (Å²) in [6.45, 7) is 5.15. The minimum atomic E-state index is -1.21. The van der Waals surface area contributed by atoms with E-state index in [9.17, 15) is 29.4 Å². The number of carbonyl (C=O) groups excluding carboxylic acids is 2. The number of halogens is 2. The van der Waals surface area contributed by atoms with Gasteiger partial charge in [0.25, 0.3) is 5.91 Å². The maximum absolute atomic E-state index is 13.2. The van der Waals surface area contributed by atoms with Crippen LogP contribution in [0.4, 0.5) is 5.69 Å². The van der Waals surface area contributed by atoms with Crippen LogP contribution in [0.5, 0.6) is 0 Å². The molecule has 2 amide bonds. The summed E-state index contributed by atoms with van der Waals surface area (Å²) in [5.41, 5.74) is -0.660. The van der Waals surface area contributed by atoms with Crippen molar-refractivity contribution < 1.29 is 29.4 Å². The third kappa shape index (κ3) is 5.34. The van der Waals surface area contributed by atoms with E-state index >= 15 is 0 Å². The fourth-order valence-electron chi connectivity index (χ4n) is 4.72. The minimum absolute atomic E-state index is 0.00447. The highest BCUT2D eigenvalue weighted by molar-refractivity contribution is 6.40. The van der Waals surface area contributed by atoms with Crippen molar-refractivity contribution in [2.75, 3.05) is 5.32 Å². The second kappa shape index (κ2) is 10.5. The van der Waals surface area contributed by atoms with Gasteiger partial charge in [0.1, 0.15) is 6.04 Å². The molecule has 3 rings (SSSR count). The van der Waals surface area contributed by atoms with E-state index in [4.69, 9.17) is 23.2 Å². The van der Waals surface area contributed by atoms with E-state index in [1.54, 1.807) is 63.2 Å². The first-order chi connectivity index (χ1) is 16.8. The van der Waals surface area contributed by atoms with Gasteiger partial charge >= 0.3 is 11.9 Å². The van der Waals surface area contributed by atoms with E-state index in [-0.39, 0.29) is 22.0 Å². The van der Waals surface area contributed by atoms with Crippen LogP contribution in [0.2, 0.25) is 10.0 Å². The number of amides is 2. The van der Waals surface area contributed by atoms with Gasteiger partial charge in [-0.05, 0) is 48.1 Å². The first-order valence-corrected chi connectivity index (χ1v) is 12.1. The fourth-order valence-corrected chi connectivity index (χ4v) is 5.29. The molecule has 1 saturated carbocycles. The van der Waals surface area contributed by atoms with Gasteiger partial charge in [-0.2, -0.15) is 0 Å². The Labute approximate surface area is 219 Å². The Balaban J connectivity index is 1.70. The highest BCUT2D eigenvalue weighted by atomic mass is 35.5. The molecule has 0 bridgehead atoms. The molecule has 0 aliphatic heterocycles. The molecule has 3 atom stereocenters. The molecule has 2 unspecified atom stereocenters. The number of hydrogen-bond donors (Lipinski definition) is 4. The monoisotopic (exact) mass is 534 g/mol. The smallest absolute Gasteiger partial charge is 0.326 e. The molecule has 1 aliphatic rings. The summed E-state index contributed by atoms with van der Waals surface area (Å²) in [5, 5.41) is 25.0. The van der Waals surface area contributed by atoms with Crippen molar-refractivity contribution in [2.45, 2.75) is 46.1 Å². The number of rotatable bonds is 8. The van der Waals surface area contributed by atoms with Crippen LogP contribution in [-0.4, -0.2) is 40.0 Å². The molecule has 1 fully saturated rings. The van der Waals surface area contributed by atoms with Crippen LogP contribution in [0.3, 0.4) is 0 Å². The van der Waals surface area contributed by atoms with E-state index in [1.807, 2.05) is 0 Å². The van der Waals surface area contributed by atoms with Crippen molar-refractivity contribution >= 4 is 52.6 Å². The van der Waals surface area contributed by atoms with Gasteiger partial charge in [0.15, 0.2) is 0 Å². The van der Waals surface area contributed by atoms with Crippen LogP contribution in [0.25, 0.3) is 0 Å². The molecule has 2 aromatic carbocycles. The average molecular weight is 535 g/mol. The molecule has 0 aromatic heterocycles. The normalized spacial score (nSPS) is 21.4. The summed E-state index contributed by atoms with van der Waals surface area (Å²) in [6, 6.07) is 10.0. The van der Waals surface area contributed by atoms with Crippen molar-refractivity contribution in [2.24, 2.45) is 16.7 Å². The van der Waals surface area contributed by atoms with E-state index < -0.39 is 46.5 Å². The minimum Gasteiger partial charge on any atom is -0.481 e. The number of anilines is 1. The van der Waals surface area contributed by atoms with Gasteiger partial charge in [-0.3, -0.25) is 14.4 Å². The van der Waals surface area contributed by atoms with Crippen molar-refractivity contribution in [3.05, 3.63) is 63.6 Å². The maximum atomic E-state index is 13.2. The Morgan fingerprint density at radius 1 is 1.00 bits per heavy atom. The number of benzene rings is 2. The molecule has 192 valence electrons. The average Bonchev–Trinajstić information content (AvgIpc) is 3.04. The van der Waals surface area contributed by atoms with Crippen molar-refractivity contribution in [3.8, 4) is 0 Å². The first-order valence-electron chi connectivity index (χ1n) is 11.4. The summed E-state index contributed by atoms with van der Waals surface area (Å²) >= 11 is 12.2. The van der Waals surface area contributed by atoms with Crippen molar-refractivity contribution in [1.29, 1.82) is 0 Å². The number of aliphatic carboxylic acids is 2. The molecule has 10 heteroatoms. The SMILES string of the molecule is CC1(C(=O)N[C@H](Cc2ccc(NC(=O)c3c(Cl)cccc3Cl)cc2)C(=O)O)CCC(C(=O)O)C1(C)C. The summed E-state index contributed by atoms with van der Waals surface area (Å²) in [5.74, 6) is -3.83. The number of hydrogen-bond acceptors (Lipinski definition) is 4. The highest BCUT2D eigenvalue weighted by Crippen LogP contribution is 2.56. The van der Waals surface area contributed by atoms with Gasteiger partial charge in [0.05, 0.1) is 26.9 Å².